The molecule has 3 rings (SSSR count). The first-order valence-corrected chi connectivity index (χ1v) is 5.58. The van der Waals surface area contributed by atoms with Crippen LogP contribution in [0.3, 0.4) is 0 Å². The van der Waals surface area contributed by atoms with Gasteiger partial charge in [0.1, 0.15) is 5.54 Å². The molecule has 0 unspecified atom stereocenters. The molecule has 2 aliphatic rings. The van der Waals surface area contributed by atoms with E-state index in [2.05, 4.69) is 10.6 Å². The number of amides is 1. The number of anilines is 2. The van der Waals surface area contributed by atoms with Crippen molar-refractivity contribution < 1.29 is 14.7 Å². The summed E-state index contributed by atoms with van der Waals surface area (Å²) in [6.07, 6.45) is 2.50. The number of aromatic carboxylic acids is 1. The van der Waals surface area contributed by atoms with Gasteiger partial charge in [0.2, 0.25) is 5.91 Å². The summed E-state index contributed by atoms with van der Waals surface area (Å²) in [4.78, 5) is 23.0. The van der Waals surface area contributed by atoms with E-state index in [0.29, 0.717) is 11.4 Å². The summed E-state index contributed by atoms with van der Waals surface area (Å²) in [7, 11) is 0. The van der Waals surface area contributed by atoms with Crippen LogP contribution in [-0.2, 0) is 4.79 Å². The van der Waals surface area contributed by atoms with Crippen molar-refractivity contribution in [2.24, 2.45) is 0 Å². The second-order valence-corrected chi connectivity index (χ2v) is 4.55. The maximum absolute atomic E-state index is 11.9. The van der Waals surface area contributed by atoms with Crippen molar-refractivity contribution in [1.82, 2.24) is 0 Å². The van der Waals surface area contributed by atoms with Gasteiger partial charge in [-0.15, -0.1) is 0 Å². The lowest BCUT2D eigenvalue weighted by Gasteiger charge is -2.45. The van der Waals surface area contributed by atoms with E-state index in [9.17, 15) is 9.59 Å². The van der Waals surface area contributed by atoms with Gasteiger partial charge in [0.25, 0.3) is 0 Å². The molecular formula is C12H12N2O3. The summed E-state index contributed by atoms with van der Waals surface area (Å²) in [6.45, 7) is 0. The molecule has 88 valence electrons. The van der Waals surface area contributed by atoms with E-state index in [1.807, 2.05) is 0 Å². The van der Waals surface area contributed by atoms with Crippen LogP contribution in [0, 0.1) is 0 Å². The molecule has 17 heavy (non-hydrogen) atoms. The van der Waals surface area contributed by atoms with Crippen molar-refractivity contribution in [2.75, 3.05) is 10.6 Å². The molecule has 0 bridgehead atoms. The Kier molecular flexibility index (Phi) is 1.92. The normalized spacial score (nSPS) is 19.9. The van der Waals surface area contributed by atoms with E-state index in [1.165, 1.54) is 6.07 Å². The zero-order chi connectivity index (χ0) is 12.0. The molecule has 3 N–H and O–H groups in total. The fourth-order valence-electron chi connectivity index (χ4n) is 2.39. The monoisotopic (exact) mass is 232 g/mol. The van der Waals surface area contributed by atoms with Crippen LogP contribution in [0.5, 0.6) is 0 Å². The fourth-order valence-corrected chi connectivity index (χ4v) is 2.39. The Morgan fingerprint density at radius 1 is 1.35 bits per heavy atom. The number of para-hydroxylation sites is 1. The number of rotatable bonds is 1. The highest BCUT2D eigenvalue weighted by Crippen LogP contribution is 2.43. The van der Waals surface area contributed by atoms with E-state index in [1.54, 1.807) is 12.1 Å². The Morgan fingerprint density at radius 2 is 2.12 bits per heavy atom. The number of carboxylic acid groups (broad SMARTS) is 1. The predicted molar refractivity (Wildman–Crippen MR) is 62.2 cm³/mol. The molecule has 0 radical (unpaired) electrons. The van der Waals surface area contributed by atoms with Gasteiger partial charge in [-0.05, 0) is 31.4 Å². The minimum Gasteiger partial charge on any atom is -0.478 e. The molecule has 0 aromatic heterocycles. The van der Waals surface area contributed by atoms with Crippen LogP contribution < -0.4 is 10.6 Å². The number of hydrogen-bond acceptors (Lipinski definition) is 3. The highest BCUT2D eigenvalue weighted by molar-refractivity contribution is 6.10. The summed E-state index contributed by atoms with van der Waals surface area (Å²) >= 11 is 0. The maximum atomic E-state index is 11.9. The van der Waals surface area contributed by atoms with Crippen LogP contribution in [0.25, 0.3) is 0 Å². The second-order valence-electron chi connectivity index (χ2n) is 4.55. The number of carbonyl (C=O) groups is 2. The van der Waals surface area contributed by atoms with Crippen molar-refractivity contribution in [3.8, 4) is 0 Å². The minimum absolute atomic E-state index is 0.0567. The van der Waals surface area contributed by atoms with E-state index >= 15 is 0 Å². The lowest BCUT2D eigenvalue weighted by molar-refractivity contribution is -0.123. The van der Waals surface area contributed by atoms with Crippen LogP contribution in [0.15, 0.2) is 18.2 Å². The quantitative estimate of drug-likeness (QED) is 0.688. The first kappa shape index (κ1) is 10.1. The van der Waals surface area contributed by atoms with Gasteiger partial charge in [0.05, 0.1) is 16.9 Å². The van der Waals surface area contributed by atoms with E-state index in [4.69, 9.17) is 5.11 Å². The van der Waals surface area contributed by atoms with Crippen LogP contribution in [-0.4, -0.2) is 22.5 Å². The molecular weight excluding hydrogens is 220 g/mol. The maximum Gasteiger partial charge on any atom is 0.337 e. The van der Waals surface area contributed by atoms with Crippen LogP contribution >= 0.6 is 0 Å². The van der Waals surface area contributed by atoms with Crippen molar-refractivity contribution >= 4 is 23.3 Å². The van der Waals surface area contributed by atoms with Crippen LogP contribution in [0.2, 0.25) is 0 Å². The molecule has 0 atom stereocenters. The van der Waals surface area contributed by atoms with Gasteiger partial charge < -0.3 is 15.7 Å². The third kappa shape index (κ3) is 1.32. The molecule has 5 heteroatoms. The van der Waals surface area contributed by atoms with Crippen molar-refractivity contribution in [3.63, 3.8) is 0 Å². The highest BCUT2D eigenvalue weighted by atomic mass is 16.4. The Morgan fingerprint density at radius 3 is 2.71 bits per heavy atom. The molecule has 1 saturated carbocycles. The number of carboxylic acids is 1. The van der Waals surface area contributed by atoms with Gasteiger partial charge in [0.15, 0.2) is 0 Å². The molecule has 1 aliphatic carbocycles. The summed E-state index contributed by atoms with van der Waals surface area (Å²) < 4.78 is 0. The van der Waals surface area contributed by atoms with Gasteiger partial charge in [-0.3, -0.25) is 4.79 Å². The SMILES string of the molecule is O=C(O)c1cccc2c1NC1(CCC1)C(=O)N2. The van der Waals surface area contributed by atoms with E-state index in [-0.39, 0.29) is 11.5 Å². The molecule has 1 spiro atoms. The zero-order valence-corrected chi connectivity index (χ0v) is 9.12. The molecule has 1 amide bonds. The van der Waals surface area contributed by atoms with Crippen molar-refractivity contribution in [3.05, 3.63) is 23.8 Å². The van der Waals surface area contributed by atoms with Gasteiger partial charge in [-0.1, -0.05) is 6.07 Å². The molecule has 1 aliphatic heterocycles. The average molecular weight is 232 g/mol. The smallest absolute Gasteiger partial charge is 0.337 e. The minimum atomic E-state index is -0.986. The Labute approximate surface area is 97.8 Å². The third-order valence-electron chi connectivity index (χ3n) is 3.55. The van der Waals surface area contributed by atoms with Gasteiger partial charge in [-0.25, -0.2) is 4.79 Å². The number of fused-ring (bicyclic) bond motifs is 1. The molecule has 1 aromatic rings. The lowest BCUT2D eigenvalue weighted by Crippen LogP contribution is -2.57. The number of hydrogen-bond donors (Lipinski definition) is 3. The third-order valence-corrected chi connectivity index (χ3v) is 3.55. The molecule has 0 saturated heterocycles. The summed E-state index contributed by atoms with van der Waals surface area (Å²) in [6, 6.07) is 4.87. The topological polar surface area (TPSA) is 78.4 Å². The van der Waals surface area contributed by atoms with Crippen molar-refractivity contribution in [1.29, 1.82) is 0 Å². The lowest BCUT2D eigenvalue weighted by atomic mass is 9.74. The number of nitrogens with one attached hydrogen (secondary N) is 2. The van der Waals surface area contributed by atoms with Crippen LogP contribution in [0.4, 0.5) is 11.4 Å². The average Bonchev–Trinajstić information content (AvgIpc) is 2.24. The fraction of sp³-hybridized carbons (Fsp3) is 0.333. The van der Waals surface area contributed by atoms with Gasteiger partial charge >= 0.3 is 5.97 Å². The Bertz CT molecular complexity index is 520. The molecule has 1 heterocycles. The molecule has 5 nitrogen and oxygen atoms in total. The van der Waals surface area contributed by atoms with Gasteiger partial charge in [0, 0.05) is 0 Å². The van der Waals surface area contributed by atoms with Crippen molar-refractivity contribution in [2.45, 2.75) is 24.8 Å². The first-order chi connectivity index (χ1) is 8.12. The van der Waals surface area contributed by atoms with Crippen LogP contribution in [0.1, 0.15) is 29.6 Å². The predicted octanol–water partition coefficient (Wildman–Crippen LogP) is 1.67. The first-order valence-electron chi connectivity index (χ1n) is 5.58. The Hall–Kier alpha value is -2.04. The van der Waals surface area contributed by atoms with E-state index < -0.39 is 11.5 Å². The summed E-state index contributed by atoms with van der Waals surface area (Å²) in [5.74, 6) is -1.04. The Balaban J connectivity index is 2.09. The zero-order valence-electron chi connectivity index (χ0n) is 9.12. The molecule has 1 fully saturated rings. The summed E-state index contributed by atoms with van der Waals surface area (Å²) in [5.41, 5.74) is 0.693. The van der Waals surface area contributed by atoms with E-state index in [0.717, 1.165) is 19.3 Å². The standard InChI is InChI=1S/C12H12N2O3/c15-10(16)7-3-1-4-8-9(7)14-12(5-2-6-12)11(17)13-8/h1,3-4,14H,2,5-6H2,(H,13,17)(H,15,16). The highest BCUT2D eigenvalue weighted by Gasteiger charge is 2.47. The number of carbonyl (C=O) groups excluding carboxylic acids is 1. The largest absolute Gasteiger partial charge is 0.478 e. The molecule has 1 aromatic carbocycles. The summed E-state index contributed by atoms with van der Waals surface area (Å²) in [5, 5.41) is 15.0. The second kappa shape index (κ2) is 3.23. The number of benzene rings is 1. The van der Waals surface area contributed by atoms with Gasteiger partial charge in [-0.2, -0.15) is 0 Å².